The zero-order valence-electron chi connectivity index (χ0n) is 16.8. The van der Waals surface area contributed by atoms with Crippen LogP contribution in [0, 0.1) is 5.82 Å². The molecule has 3 aromatic carbocycles. The molecule has 0 saturated carbocycles. The lowest BCUT2D eigenvalue weighted by molar-refractivity contribution is 0.102. The first-order valence-electron chi connectivity index (χ1n) is 9.51. The van der Waals surface area contributed by atoms with Crippen molar-refractivity contribution in [1.82, 2.24) is 0 Å². The molecule has 0 aliphatic carbocycles. The van der Waals surface area contributed by atoms with Gasteiger partial charge >= 0.3 is 0 Å². The molecule has 0 spiro atoms. The molecule has 0 saturated heterocycles. The quantitative estimate of drug-likeness (QED) is 0.592. The molecule has 0 atom stereocenters. The number of hydrogen-bond donors (Lipinski definition) is 1. The number of nitrogens with one attached hydrogen (secondary N) is 1. The van der Waals surface area contributed by atoms with Gasteiger partial charge in [-0.15, -0.1) is 0 Å². The van der Waals surface area contributed by atoms with Gasteiger partial charge < -0.3 is 14.8 Å². The maximum Gasteiger partial charge on any atom is 0.264 e. The zero-order valence-corrected chi connectivity index (χ0v) is 18.4. The van der Waals surface area contributed by atoms with Crippen LogP contribution in [-0.4, -0.2) is 34.6 Å². The molecule has 0 bridgehead atoms. The van der Waals surface area contributed by atoms with Crippen LogP contribution in [0.1, 0.15) is 10.4 Å². The van der Waals surface area contributed by atoms with Crippen molar-refractivity contribution in [2.75, 3.05) is 29.9 Å². The topological polar surface area (TPSA) is 84.9 Å². The molecule has 166 valence electrons. The fourth-order valence-corrected chi connectivity index (χ4v) is 4.53. The van der Waals surface area contributed by atoms with Crippen LogP contribution in [0.2, 0.25) is 5.02 Å². The van der Waals surface area contributed by atoms with E-state index < -0.39 is 21.7 Å². The van der Waals surface area contributed by atoms with Gasteiger partial charge in [-0.2, -0.15) is 0 Å². The summed E-state index contributed by atoms with van der Waals surface area (Å²) in [5.41, 5.74) is 0.686. The molecule has 1 N–H and O–H groups in total. The molecule has 10 heteroatoms. The van der Waals surface area contributed by atoms with Gasteiger partial charge in [0.15, 0.2) is 11.5 Å². The highest BCUT2D eigenvalue weighted by molar-refractivity contribution is 7.92. The third-order valence-electron chi connectivity index (χ3n) is 4.83. The summed E-state index contributed by atoms with van der Waals surface area (Å²) in [5, 5.41) is 2.77. The zero-order chi connectivity index (χ0) is 22.9. The molecule has 0 unspecified atom stereocenters. The number of amides is 1. The van der Waals surface area contributed by atoms with Gasteiger partial charge in [0.1, 0.15) is 19.0 Å². The fraction of sp³-hybridized carbons (Fsp3) is 0.136. The molecular formula is C22H18ClFN2O5S. The molecule has 7 nitrogen and oxygen atoms in total. The predicted octanol–water partition coefficient (Wildman–Crippen LogP) is 4.33. The van der Waals surface area contributed by atoms with Crippen LogP contribution in [0.15, 0.2) is 65.6 Å². The molecule has 3 aromatic rings. The van der Waals surface area contributed by atoms with Gasteiger partial charge in [0.2, 0.25) is 0 Å². The molecule has 1 aliphatic rings. The molecule has 1 aliphatic heterocycles. The number of carbonyl (C=O) groups is 1. The van der Waals surface area contributed by atoms with E-state index >= 15 is 0 Å². The largest absolute Gasteiger partial charge is 0.486 e. The highest BCUT2D eigenvalue weighted by Crippen LogP contribution is 2.33. The van der Waals surface area contributed by atoms with Crippen LogP contribution >= 0.6 is 11.6 Å². The number of fused-ring (bicyclic) bond motifs is 1. The van der Waals surface area contributed by atoms with Crippen molar-refractivity contribution in [2.24, 2.45) is 0 Å². The lowest BCUT2D eigenvalue weighted by atomic mass is 10.2. The van der Waals surface area contributed by atoms with E-state index in [4.69, 9.17) is 21.1 Å². The van der Waals surface area contributed by atoms with Gasteiger partial charge in [0, 0.05) is 18.8 Å². The van der Waals surface area contributed by atoms with E-state index in [1.54, 1.807) is 18.2 Å². The van der Waals surface area contributed by atoms with E-state index in [-0.39, 0.29) is 21.2 Å². The molecule has 32 heavy (non-hydrogen) atoms. The van der Waals surface area contributed by atoms with Gasteiger partial charge in [-0.05, 0) is 54.6 Å². The Kier molecular flexibility index (Phi) is 5.94. The first-order valence-corrected chi connectivity index (χ1v) is 11.3. The number of nitrogens with zero attached hydrogens (tertiary/aromatic N) is 1. The standard InChI is InChI=1S/C22H18ClFN2O5S/c1-26(16-5-2-14(24)3-6-16)32(28,29)17-7-8-19(23)18(13-17)22(27)25-15-4-9-20-21(12-15)31-11-10-30-20/h2-9,12-13H,10-11H2,1H3,(H,25,27). The lowest BCUT2D eigenvalue weighted by Gasteiger charge is -2.20. The average molecular weight is 477 g/mol. The maximum absolute atomic E-state index is 13.2. The van der Waals surface area contributed by atoms with E-state index in [1.807, 2.05) is 0 Å². The summed E-state index contributed by atoms with van der Waals surface area (Å²) in [7, 11) is -2.69. The Morgan fingerprint density at radius 2 is 1.69 bits per heavy atom. The van der Waals surface area contributed by atoms with Crippen molar-refractivity contribution in [3.63, 3.8) is 0 Å². The monoisotopic (exact) mass is 476 g/mol. The van der Waals surface area contributed by atoms with Crippen LogP contribution in [0.4, 0.5) is 15.8 Å². The minimum Gasteiger partial charge on any atom is -0.486 e. The van der Waals surface area contributed by atoms with E-state index in [9.17, 15) is 17.6 Å². The van der Waals surface area contributed by atoms with Crippen molar-refractivity contribution in [1.29, 1.82) is 0 Å². The van der Waals surface area contributed by atoms with Gasteiger partial charge in [-0.25, -0.2) is 12.8 Å². The van der Waals surface area contributed by atoms with E-state index in [1.165, 1.54) is 37.4 Å². The summed E-state index contributed by atoms with van der Waals surface area (Å²) in [6.45, 7) is 0.847. The Labute approximate surface area is 189 Å². The SMILES string of the molecule is CN(c1ccc(F)cc1)S(=O)(=O)c1ccc(Cl)c(C(=O)Nc2ccc3c(c2)OCCO3)c1. The van der Waals surface area contributed by atoms with Gasteiger partial charge in [0.25, 0.3) is 15.9 Å². The fourth-order valence-electron chi connectivity index (χ4n) is 3.11. The minimum absolute atomic E-state index is 0.0184. The van der Waals surface area contributed by atoms with Crippen molar-refractivity contribution < 1.29 is 27.1 Å². The second kappa shape index (κ2) is 8.68. The second-order valence-electron chi connectivity index (χ2n) is 6.90. The van der Waals surface area contributed by atoms with Gasteiger partial charge in [-0.1, -0.05) is 11.6 Å². The summed E-state index contributed by atoms with van der Waals surface area (Å²) < 4.78 is 51.2. The first-order chi connectivity index (χ1) is 15.3. The Balaban J connectivity index is 1.60. The third-order valence-corrected chi connectivity index (χ3v) is 6.94. The molecule has 0 radical (unpaired) electrons. The number of sulfonamides is 1. The summed E-state index contributed by atoms with van der Waals surface area (Å²) in [4.78, 5) is 12.7. The molecular weight excluding hydrogens is 459 g/mol. The number of anilines is 2. The maximum atomic E-state index is 13.2. The summed E-state index contributed by atoms with van der Waals surface area (Å²) in [6, 6.07) is 13.8. The Morgan fingerprint density at radius 1 is 1.00 bits per heavy atom. The number of halogens is 2. The van der Waals surface area contributed by atoms with Crippen LogP contribution < -0.4 is 19.1 Å². The third kappa shape index (κ3) is 4.35. The smallest absolute Gasteiger partial charge is 0.264 e. The van der Waals surface area contributed by atoms with E-state index in [0.717, 1.165) is 16.4 Å². The van der Waals surface area contributed by atoms with Gasteiger partial charge in [-0.3, -0.25) is 9.10 Å². The Morgan fingerprint density at radius 3 is 2.41 bits per heavy atom. The van der Waals surface area contributed by atoms with Crippen LogP contribution in [0.3, 0.4) is 0 Å². The number of ether oxygens (including phenoxy) is 2. The predicted molar refractivity (Wildman–Crippen MR) is 119 cm³/mol. The van der Waals surface area contributed by atoms with E-state index in [0.29, 0.717) is 30.4 Å². The van der Waals surface area contributed by atoms with Crippen LogP contribution in [-0.2, 0) is 10.0 Å². The lowest BCUT2D eigenvalue weighted by Crippen LogP contribution is -2.27. The van der Waals surface area contributed by atoms with Gasteiger partial charge in [0.05, 0.1) is 21.2 Å². The van der Waals surface area contributed by atoms with Crippen LogP contribution in [0.5, 0.6) is 11.5 Å². The molecule has 1 heterocycles. The summed E-state index contributed by atoms with van der Waals surface area (Å²) >= 11 is 6.18. The Bertz CT molecular complexity index is 1280. The van der Waals surface area contributed by atoms with E-state index in [2.05, 4.69) is 5.32 Å². The minimum atomic E-state index is -4.03. The number of rotatable bonds is 5. The Hall–Kier alpha value is -3.30. The van der Waals surface area contributed by atoms with Crippen molar-refractivity contribution in [2.45, 2.75) is 4.90 Å². The van der Waals surface area contributed by atoms with Crippen LogP contribution in [0.25, 0.3) is 0 Å². The second-order valence-corrected chi connectivity index (χ2v) is 9.28. The molecule has 0 aromatic heterocycles. The summed E-state index contributed by atoms with van der Waals surface area (Å²) in [5.74, 6) is -0.00102. The first kappa shape index (κ1) is 21.9. The van der Waals surface area contributed by atoms with Crippen molar-refractivity contribution in [3.05, 3.63) is 77.1 Å². The summed E-state index contributed by atoms with van der Waals surface area (Å²) in [6.07, 6.45) is 0. The number of benzene rings is 3. The highest BCUT2D eigenvalue weighted by Gasteiger charge is 2.24. The molecule has 1 amide bonds. The molecule has 4 rings (SSSR count). The number of hydrogen-bond acceptors (Lipinski definition) is 5. The average Bonchev–Trinajstić information content (AvgIpc) is 2.79. The normalized spacial score (nSPS) is 12.8. The number of carbonyl (C=O) groups excluding carboxylic acids is 1. The van der Waals surface area contributed by atoms with Crippen molar-refractivity contribution in [3.8, 4) is 11.5 Å². The molecule has 0 fully saturated rings. The van der Waals surface area contributed by atoms with Crippen molar-refractivity contribution >= 4 is 38.9 Å². The highest BCUT2D eigenvalue weighted by atomic mass is 35.5.